The monoisotopic (exact) mass is 223 g/mol. The minimum Gasteiger partial charge on any atom is -0.323 e. The quantitative estimate of drug-likeness (QED) is 0.776. The summed E-state index contributed by atoms with van der Waals surface area (Å²) in [5.74, 6) is 1.94. The minimum atomic E-state index is -0.0797. The van der Waals surface area contributed by atoms with E-state index in [1.807, 2.05) is 6.07 Å². The number of thioether (sulfide) groups is 1. The number of nitrogens with zero attached hydrogens (tertiary/aromatic N) is 1. The van der Waals surface area contributed by atoms with Gasteiger partial charge in [0.25, 0.3) is 0 Å². The fourth-order valence-electron chi connectivity index (χ4n) is 1.40. The first-order valence-corrected chi connectivity index (χ1v) is 6.04. The Kier molecular flexibility index (Phi) is 3.58. The lowest BCUT2D eigenvalue weighted by atomic mass is 10.3. The molecule has 80 valence electrons. The molecule has 0 aliphatic carbocycles. The van der Waals surface area contributed by atoms with Gasteiger partial charge in [0.2, 0.25) is 5.91 Å². The Morgan fingerprint density at radius 1 is 1.67 bits per heavy atom. The Balaban J connectivity index is 1.91. The topological polar surface area (TPSA) is 54.0 Å². The van der Waals surface area contributed by atoms with Crippen LogP contribution < -0.4 is 10.6 Å². The van der Waals surface area contributed by atoms with Gasteiger partial charge in [0.15, 0.2) is 0 Å². The highest BCUT2D eigenvalue weighted by atomic mass is 32.2. The number of anilines is 1. The molecule has 0 aromatic carbocycles. The van der Waals surface area contributed by atoms with E-state index in [1.165, 1.54) is 0 Å². The van der Waals surface area contributed by atoms with Crippen LogP contribution >= 0.6 is 11.8 Å². The second-order valence-corrected chi connectivity index (χ2v) is 4.46. The first-order chi connectivity index (χ1) is 7.36. The van der Waals surface area contributed by atoms with E-state index in [1.54, 1.807) is 30.2 Å². The highest BCUT2D eigenvalue weighted by molar-refractivity contribution is 7.99. The minimum absolute atomic E-state index is 0.0233. The molecule has 1 unspecified atom stereocenters. The van der Waals surface area contributed by atoms with Gasteiger partial charge in [-0.15, -0.1) is 0 Å². The maximum Gasteiger partial charge on any atom is 0.242 e. The van der Waals surface area contributed by atoms with Gasteiger partial charge in [-0.25, -0.2) is 0 Å². The van der Waals surface area contributed by atoms with Crippen molar-refractivity contribution in [1.82, 2.24) is 10.3 Å². The summed E-state index contributed by atoms with van der Waals surface area (Å²) in [7, 11) is 0. The van der Waals surface area contributed by atoms with Crippen LogP contribution in [0.2, 0.25) is 0 Å². The zero-order valence-electron chi connectivity index (χ0n) is 8.27. The predicted molar refractivity (Wildman–Crippen MR) is 62.0 cm³/mol. The van der Waals surface area contributed by atoms with Crippen molar-refractivity contribution in [3.05, 3.63) is 24.5 Å². The normalized spacial score (nSPS) is 20.9. The van der Waals surface area contributed by atoms with Gasteiger partial charge in [-0.05, 0) is 12.1 Å². The molecule has 0 spiro atoms. The number of rotatable bonds is 2. The third-order valence-corrected chi connectivity index (χ3v) is 3.23. The number of nitrogens with one attached hydrogen (secondary N) is 2. The first-order valence-electron chi connectivity index (χ1n) is 4.88. The van der Waals surface area contributed by atoms with Gasteiger partial charge >= 0.3 is 0 Å². The van der Waals surface area contributed by atoms with Crippen molar-refractivity contribution in [3.8, 4) is 0 Å². The van der Waals surface area contributed by atoms with Crippen LogP contribution in [0.25, 0.3) is 0 Å². The molecule has 5 heteroatoms. The number of pyridine rings is 1. The summed E-state index contributed by atoms with van der Waals surface area (Å²) in [6, 6.07) is 3.56. The summed E-state index contributed by atoms with van der Waals surface area (Å²) in [6.07, 6.45) is 3.33. The van der Waals surface area contributed by atoms with E-state index in [2.05, 4.69) is 15.6 Å². The average molecular weight is 223 g/mol. The number of carbonyl (C=O) groups is 1. The van der Waals surface area contributed by atoms with Crippen molar-refractivity contribution < 1.29 is 4.79 Å². The van der Waals surface area contributed by atoms with E-state index in [4.69, 9.17) is 0 Å². The van der Waals surface area contributed by atoms with Crippen LogP contribution in [0.1, 0.15) is 0 Å². The maximum atomic E-state index is 11.8. The number of hydrogen-bond acceptors (Lipinski definition) is 4. The molecule has 1 fully saturated rings. The van der Waals surface area contributed by atoms with Crippen molar-refractivity contribution in [2.75, 3.05) is 23.4 Å². The second kappa shape index (κ2) is 5.14. The van der Waals surface area contributed by atoms with Gasteiger partial charge in [0, 0.05) is 24.2 Å². The highest BCUT2D eigenvalue weighted by Gasteiger charge is 2.20. The molecule has 1 amide bonds. The summed E-state index contributed by atoms with van der Waals surface area (Å²) in [4.78, 5) is 15.7. The van der Waals surface area contributed by atoms with E-state index < -0.39 is 0 Å². The van der Waals surface area contributed by atoms with Crippen LogP contribution in [0.3, 0.4) is 0 Å². The molecule has 1 atom stereocenters. The van der Waals surface area contributed by atoms with Crippen molar-refractivity contribution in [3.63, 3.8) is 0 Å². The van der Waals surface area contributed by atoms with Gasteiger partial charge < -0.3 is 10.6 Å². The van der Waals surface area contributed by atoms with Crippen LogP contribution in [0.4, 0.5) is 5.69 Å². The number of aromatic nitrogens is 1. The molecule has 2 rings (SSSR count). The van der Waals surface area contributed by atoms with Crippen molar-refractivity contribution in [2.45, 2.75) is 6.04 Å². The molecule has 15 heavy (non-hydrogen) atoms. The molecule has 2 N–H and O–H groups in total. The predicted octanol–water partition coefficient (Wildman–Crippen LogP) is 0.725. The van der Waals surface area contributed by atoms with Crippen LogP contribution in [0.15, 0.2) is 24.5 Å². The molecule has 4 nitrogen and oxygen atoms in total. The molecule has 1 aliphatic heterocycles. The molecule has 1 saturated heterocycles. The van der Waals surface area contributed by atoms with E-state index >= 15 is 0 Å². The summed E-state index contributed by atoms with van der Waals surface area (Å²) < 4.78 is 0. The van der Waals surface area contributed by atoms with Gasteiger partial charge in [0.1, 0.15) is 0 Å². The summed E-state index contributed by atoms with van der Waals surface area (Å²) in [5.41, 5.74) is 0.750. The Labute approximate surface area is 92.9 Å². The fraction of sp³-hybridized carbons (Fsp3) is 0.400. The Bertz CT molecular complexity index is 325. The van der Waals surface area contributed by atoms with E-state index in [-0.39, 0.29) is 11.9 Å². The van der Waals surface area contributed by atoms with Crippen LogP contribution in [0, 0.1) is 0 Å². The summed E-state index contributed by atoms with van der Waals surface area (Å²) >= 11 is 1.80. The zero-order chi connectivity index (χ0) is 10.5. The lowest BCUT2D eigenvalue weighted by Crippen LogP contribution is -2.46. The number of carbonyl (C=O) groups excluding carboxylic acids is 1. The molecular weight excluding hydrogens is 210 g/mol. The van der Waals surface area contributed by atoms with Crippen LogP contribution in [-0.4, -0.2) is 35.0 Å². The lowest BCUT2D eigenvalue weighted by Gasteiger charge is -2.22. The van der Waals surface area contributed by atoms with Gasteiger partial charge in [-0.2, -0.15) is 11.8 Å². The zero-order valence-corrected chi connectivity index (χ0v) is 9.09. The first kappa shape index (κ1) is 10.4. The number of hydrogen-bond donors (Lipinski definition) is 2. The van der Waals surface area contributed by atoms with Gasteiger partial charge in [0.05, 0.1) is 17.9 Å². The third-order valence-electron chi connectivity index (χ3n) is 2.17. The number of amides is 1. The summed E-state index contributed by atoms with van der Waals surface area (Å²) in [5, 5.41) is 6.02. The molecule has 0 radical (unpaired) electrons. The van der Waals surface area contributed by atoms with E-state index in [0.717, 1.165) is 23.7 Å². The Morgan fingerprint density at radius 3 is 3.27 bits per heavy atom. The molecular formula is C10H13N3OS. The fourth-order valence-corrected chi connectivity index (χ4v) is 2.33. The SMILES string of the molecule is O=C(Nc1cccnc1)C1CSCCN1. The van der Waals surface area contributed by atoms with Crippen LogP contribution in [0.5, 0.6) is 0 Å². The van der Waals surface area contributed by atoms with Crippen molar-refractivity contribution in [1.29, 1.82) is 0 Å². The molecule has 1 aliphatic rings. The van der Waals surface area contributed by atoms with Gasteiger partial charge in [-0.1, -0.05) is 0 Å². The van der Waals surface area contributed by atoms with Crippen molar-refractivity contribution in [2.24, 2.45) is 0 Å². The summed E-state index contributed by atoms with van der Waals surface area (Å²) in [6.45, 7) is 0.899. The van der Waals surface area contributed by atoms with E-state index in [0.29, 0.717) is 0 Å². The largest absolute Gasteiger partial charge is 0.323 e. The van der Waals surface area contributed by atoms with Gasteiger partial charge in [-0.3, -0.25) is 9.78 Å². The molecule has 1 aromatic rings. The smallest absolute Gasteiger partial charge is 0.242 e. The molecule has 0 saturated carbocycles. The molecule has 1 aromatic heterocycles. The Morgan fingerprint density at radius 2 is 2.60 bits per heavy atom. The van der Waals surface area contributed by atoms with Crippen molar-refractivity contribution >= 4 is 23.4 Å². The van der Waals surface area contributed by atoms with E-state index in [9.17, 15) is 4.79 Å². The standard InChI is InChI=1S/C10H13N3OS/c14-10(9-7-15-5-4-12-9)13-8-2-1-3-11-6-8/h1-3,6,9,12H,4-5,7H2,(H,13,14). The highest BCUT2D eigenvalue weighted by Crippen LogP contribution is 2.10. The molecule has 0 bridgehead atoms. The average Bonchev–Trinajstić information content (AvgIpc) is 2.31. The second-order valence-electron chi connectivity index (χ2n) is 3.31. The maximum absolute atomic E-state index is 11.8. The lowest BCUT2D eigenvalue weighted by molar-refractivity contribution is -0.117. The third kappa shape index (κ3) is 2.94. The molecule has 2 heterocycles. The Hall–Kier alpha value is -1.07. The van der Waals surface area contributed by atoms with Crippen LogP contribution in [-0.2, 0) is 4.79 Å².